The number of carbonyl (C=O) groups excluding carboxylic acids is 2. The summed E-state index contributed by atoms with van der Waals surface area (Å²) in [7, 11) is 1.59. The number of hydrogen-bond donors (Lipinski definition) is 2. The van der Waals surface area contributed by atoms with Crippen molar-refractivity contribution >= 4 is 39.2 Å². The third kappa shape index (κ3) is 4.16. The number of anilines is 2. The second-order valence-corrected chi connectivity index (χ2v) is 7.08. The van der Waals surface area contributed by atoms with E-state index in [1.54, 1.807) is 12.0 Å². The third-order valence-electron chi connectivity index (χ3n) is 4.26. The molecule has 0 radical (unpaired) electrons. The van der Waals surface area contributed by atoms with Crippen molar-refractivity contribution in [1.29, 1.82) is 0 Å². The summed E-state index contributed by atoms with van der Waals surface area (Å²) in [6.45, 7) is 2.35. The number of carbonyl (C=O) groups is 2. The van der Waals surface area contributed by atoms with Crippen LogP contribution < -0.4 is 20.3 Å². The Hall–Kier alpha value is -2.54. The van der Waals surface area contributed by atoms with E-state index in [1.807, 2.05) is 49.4 Å². The topological polar surface area (TPSA) is 70.7 Å². The normalized spacial score (nSPS) is 16.5. The molecule has 0 bridgehead atoms. The van der Waals surface area contributed by atoms with Crippen LogP contribution in [-0.4, -0.2) is 31.6 Å². The quantitative estimate of drug-likeness (QED) is 0.796. The lowest BCUT2D eigenvalue weighted by atomic mass is 10.2. The maximum Gasteiger partial charge on any atom is 0.319 e. The number of benzene rings is 2. The van der Waals surface area contributed by atoms with Gasteiger partial charge in [-0.3, -0.25) is 4.79 Å². The van der Waals surface area contributed by atoms with Gasteiger partial charge in [-0.05, 0) is 42.8 Å². The molecule has 1 aliphatic heterocycles. The molecule has 1 aliphatic rings. The molecule has 26 heavy (non-hydrogen) atoms. The van der Waals surface area contributed by atoms with E-state index in [9.17, 15) is 9.59 Å². The van der Waals surface area contributed by atoms with E-state index in [4.69, 9.17) is 4.74 Å². The standard InChI is InChI=1S/C19H20BrN3O3/c1-12-8-13(20)6-7-17(12)22-19(25)21-14-9-18(24)23(11-14)15-4-3-5-16(10-15)26-2/h3-8,10,14H,9,11H2,1-2H3,(H2,21,22,25)/t14-/m1/s1. The van der Waals surface area contributed by atoms with Gasteiger partial charge in [-0.15, -0.1) is 0 Å². The van der Waals surface area contributed by atoms with E-state index in [0.29, 0.717) is 12.3 Å². The van der Waals surface area contributed by atoms with Crippen LogP contribution in [0.4, 0.5) is 16.2 Å². The maximum absolute atomic E-state index is 12.3. The summed E-state index contributed by atoms with van der Waals surface area (Å²) in [4.78, 5) is 26.3. The minimum atomic E-state index is -0.319. The van der Waals surface area contributed by atoms with Gasteiger partial charge in [-0.1, -0.05) is 22.0 Å². The highest BCUT2D eigenvalue weighted by Gasteiger charge is 2.31. The Bertz CT molecular complexity index is 841. The number of nitrogens with zero attached hydrogens (tertiary/aromatic N) is 1. The van der Waals surface area contributed by atoms with Gasteiger partial charge < -0.3 is 20.3 Å². The lowest BCUT2D eigenvalue weighted by Gasteiger charge is -2.18. The number of methoxy groups -OCH3 is 1. The number of amides is 3. The van der Waals surface area contributed by atoms with E-state index < -0.39 is 0 Å². The molecule has 0 aliphatic carbocycles. The summed E-state index contributed by atoms with van der Waals surface area (Å²) in [6.07, 6.45) is 0.268. The fraction of sp³-hybridized carbons (Fsp3) is 0.263. The monoisotopic (exact) mass is 417 g/mol. The molecule has 0 spiro atoms. The molecular formula is C19H20BrN3O3. The smallest absolute Gasteiger partial charge is 0.319 e. The van der Waals surface area contributed by atoms with Gasteiger partial charge in [-0.25, -0.2) is 4.79 Å². The summed E-state index contributed by atoms with van der Waals surface area (Å²) in [5.41, 5.74) is 2.46. The van der Waals surface area contributed by atoms with Gasteiger partial charge in [-0.2, -0.15) is 0 Å². The third-order valence-corrected chi connectivity index (χ3v) is 4.76. The molecule has 2 aromatic rings. The first-order valence-electron chi connectivity index (χ1n) is 8.24. The summed E-state index contributed by atoms with van der Waals surface area (Å²) < 4.78 is 6.16. The molecule has 0 aromatic heterocycles. The van der Waals surface area contributed by atoms with Crippen LogP contribution in [0.1, 0.15) is 12.0 Å². The van der Waals surface area contributed by atoms with Gasteiger partial charge in [0.05, 0.1) is 13.2 Å². The van der Waals surface area contributed by atoms with E-state index >= 15 is 0 Å². The minimum Gasteiger partial charge on any atom is -0.497 e. The summed E-state index contributed by atoms with van der Waals surface area (Å²) in [6, 6.07) is 12.4. The highest BCUT2D eigenvalue weighted by molar-refractivity contribution is 9.10. The Morgan fingerprint density at radius 2 is 2.08 bits per heavy atom. The largest absolute Gasteiger partial charge is 0.497 e. The van der Waals surface area contributed by atoms with Crippen LogP contribution in [0.25, 0.3) is 0 Å². The molecule has 6 nitrogen and oxygen atoms in total. The first kappa shape index (κ1) is 18.3. The van der Waals surface area contributed by atoms with Crippen molar-refractivity contribution in [2.24, 2.45) is 0 Å². The fourth-order valence-corrected chi connectivity index (χ4v) is 3.42. The molecule has 1 atom stereocenters. The van der Waals surface area contributed by atoms with Crippen molar-refractivity contribution in [3.8, 4) is 5.75 Å². The second kappa shape index (κ2) is 7.78. The van der Waals surface area contributed by atoms with Crippen molar-refractivity contribution in [3.63, 3.8) is 0 Å². The van der Waals surface area contributed by atoms with Gasteiger partial charge >= 0.3 is 6.03 Å². The molecule has 7 heteroatoms. The maximum atomic E-state index is 12.3. The number of rotatable bonds is 4. The first-order valence-corrected chi connectivity index (χ1v) is 9.03. The fourth-order valence-electron chi connectivity index (χ4n) is 2.94. The average Bonchev–Trinajstić information content (AvgIpc) is 2.97. The molecule has 2 N–H and O–H groups in total. The predicted molar refractivity (Wildman–Crippen MR) is 105 cm³/mol. The van der Waals surface area contributed by atoms with Gasteiger partial charge in [0.1, 0.15) is 5.75 Å². The zero-order valence-electron chi connectivity index (χ0n) is 14.6. The van der Waals surface area contributed by atoms with Gasteiger partial charge in [0.25, 0.3) is 0 Å². The van der Waals surface area contributed by atoms with Crippen molar-refractivity contribution in [3.05, 3.63) is 52.5 Å². The van der Waals surface area contributed by atoms with E-state index in [2.05, 4.69) is 26.6 Å². The van der Waals surface area contributed by atoms with Crippen LogP contribution in [0.15, 0.2) is 46.9 Å². The zero-order valence-corrected chi connectivity index (χ0v) is 16.2. The van der Waals surface area contributed by atoms with Gasteiger partial charge in [0, 0.05) is 34.9 Å². The highest BCUT2D eigenvalue weighted by Crippen LogP contribution is 2.25. The van der Waals surface area contributed by atoms with Crippen molar-refractivity contribution in [2.45, 2.75) is 19.4 Å². The van der Waals surface area contributed by atoms with Crippen molar-refractivity contribution < 1.29 is 14.3 Å². The van der Waals surface area contributed by atoms with Gasteiger partial charge in [0.2, 0.25) is 5.91 Å². The van der Waals surface area contributed by atoms with Crippen LogP contribution >= 0.6 is 15.9 Å². The highest BCUT2D eigenvalue weighted by atomic mass is 79.9. The Kier molecular flexibility index (Phi) is 5.46. The van der Waals surface area contributed by atoms with E-state index in [0.717, 1.165) is 21.4 Å². The van der Waals surface area contributed by atoms with Crippen molar-refractivity contribution in [1.82, 2.24) is 5.32 Å². The Labute approximate surface area is 160 Å². The number of ether oxygens (including phenoxy) is 1. The summed E-state index contributed by atoms with van der Waals surface area (Å²) in [5, 5.41) is 5.70. The molecule has 136 valence electrons. The molecular weight excluding hydrogens is 398 g/mol. The average molecular weight is 418 g/mol. The summed E-state index contributed by atoms with van der Waals surface area (Å²) in [5.74, 6) is 0.665. The molecule has 1 heterocycles. The Morgan fingerprint density at radius 3 is 2.81 bits per heavy atom. The number of halogens is 1. The molecule has 1 saturated heterocycles. The number of urea groups is 1. The molecule has 3 rings (SSSR count). The minimum absolute atomic E-state index is 0.0247. The van der Waals surface area contributed by atoms with Crippen LogP contribution in [-0.2, 0) is 4.79 Å². The van der Waals surface area contributed by atoms with Crippen LogP contribution in [0, 0.1) is 6.92 Å². The van der Waals surface area contributed by atoms with Gasteiger partial charge in [0.15, 0.2) is 0 Å². The SMILES string of the molecule is COc1cccc(N2C[C@H](NC(=O)Nc3ccc(Br)cc3C)CC2=O)c1. The molecule has 0 saturated carbocycles. The number of nitrogens with one attached hydrogen (secondary N) is 2. The lowest BCUT2D eigenvalue weighted by Crippen LogP contribution is -2.39. The van der Waals surface area contributed by atoms with Crippen LogP contribution in [0.3, 0.4) is 0 Å². The van der Waals surface area contributed by atoms with Crippen LogP contribution in [0.2, 0.25) is 0 Å². The molecule has 2 aromatic carbocycles. The summed E-state index contributed by atoms with van der Waals surface area (Å²) >= 11 is 3.40. The van der Waals surface area contributed by atoms with Crippen LogP contribution in [0.5, 0.6) is 5.75 Å². The molecule has 1 fully saturated rings. The number of aryl methyl sites for hydroxylation is 1. The van der Waals surface area contributed by atoms with E-state index in [1.165, 1.54) is 0 Å². The predicted octanol–water partition coefficient (Wildman–Crippen LogP) is 3.69. The lowest BCUT2D eigenvalue weighted by molar-refractivity contribution is -0.117. The zero-order chi connectivity index (χ0) is 18.7. The van der Waals surface area contributed by atoms with E-state index in [-0.39, 0.29) is 24.4 Å². The molecule has 0 unspecified atom stereocenters. The Morgan fingerprint density at radius 1 is 1.27 bits per heavy atom. The second-order valence-electron chi connectivity index (χ2n) is 6.16. The first-order chi connectivity index (χ1) is 12.5. The van der Waals surface area contributed by atoms with Crippen molar-refractivity contribution in [2.75, 3.05) is 23.9 Å². The number of hydrogen-bond acceptors (Lipinski definition) is 3. The molecule has 3 amide bonds. The Balaban J connectivity index is 1.62.